The number of carbonyl (C=O) groups is 2. The van der Waals surface area contributed by atoms with Crippen LogP contribution in [0.25, 0.3) is 10.1 Å². The monoisotopic (exact) mass is 398 g/mol. The van der Waals surface area contributed by atoms with Gasteiger partial charge in [0, 0.05) is 41.5 Å². The normalized spacial score (nSPS) is 29.4. The second-order valence-corrected chi connectivity index (χ2v) is 9.41. The predicted molar refractivity (Wildman–Crippen MR) is 110 cm³/mol. The van der Waals surface area contributed by atoms with Gasteiger partial charge in [-0.25, -0.2) is 0 Å². The van der Waals surface area contributed by atoms with Crippen molar-refractivity contribution in [3.05, 3.63) is 28.9 Å². The summed E-state index contributed by atoms with van der Waals surface area (Å²) in [5.41, 5.74) is 0.443. The SMILES string of the molecule is CC1C(NC(=O)c2cc3sc(C(=O)N4CCCC4)cc3cn2)C2CCN1CC2. The van der Waals surface area contributed by atoms with Gasteiger partial charge in [0.1, 0.15) is 5.69 Å². The largest absolute Gasteiger partial charge is 0.346 e. The number of likely N-dealkylation sites (tertiary alicyclic amines) is 1. The third kappa shape index (κ3) is 3.10. The molecule has 0 saturated carbocycles. The van der Waals surface area contributed by atoms with Crippen molar-refractivity contribution in [1.82, 2.24) is 20.1 Å². The van der Waals surface area contributed by atoms with Crippen LogP contribution in [0.15, 0.2) is 18.3 Å². The summed E-state index contributed by atoms with van der Waals surface area (Å²) in [6.07, 6.45) is 6.21. The summed E-state index contributed by atoms with van der Waals surface area (Å²) >= 11 is 1.46. The predicted octanol–water partition coefficient (Wildman–Crippen LogP) is 2.74. The number of aromatic nitrogens is 1. The second kappa shape index (κ2) is 7.12. The van der Waals surface area contributed by atoms with E-state index in [0.717, 1.165) is 66.8 Å². The zero-order chi connectivity index (χ0) is 19.3. The fourth-order valence-electron chi connectivity index (χ4n) is 5.01. The van der Waals surface area contributed by atoms with Crippen LogP contribution in [0.5, 0.6) is 0 Å². The molecule has 7 heteroatoms. The number of hydrogen-bond donors (Lipinski definition) is 1. The number of nitrogens with one attached hydrogen (secondary N) is 1. The van der Waals surface area contributed by atoms with E-state index in [2.05, 4.69) is 22.1 Å². The quantitative estimate of drug-likeness (QED) is 0.863. The maximum Gasteiger partial charge on any atom is 0.270 e. The fourth-order valence-corrected chi connectivity index (χ4v) is 6.05. The average Bonchev–Trinajstić information content (AvgIpc) is 3.39. The van der Waals surface area contributed by atoms with Gasteiger partial charge in [-0.15, -0.1) is 11.3 Å². The maximum absolute atomic E-state index is 12.9. The van der Waals surface area contributed by atoms with E-state index in [1.54, 1.807) is 6.20 Å². The first-order valence-corrected chi connectivity index (χ1v) is 11.2. The van der Waals surface area contributed by atoms with Crippen LogP contribution in [-0.4, -0.2) is 64.9 Å². The molecule has 2 aromatic rings. The maximum atomic E-state index is 12.9. The second-order valence-electron chi connectivity index (χ2n) is 8.33. The number of rotatable bonds is 3. The summed E-state index contributed by atoms with van der Waals surface area (Å²) < 4.78 is 0.949. The zero-order valence-electron chi connectivity index (χ0n) is 16.2. The van der Waals surface area contributed by atoms with Gasteiger partial charge in [0.15, 0.2) is 0 Å². The molecule has 28 heavy (non-hydrogen) atoms. The first-order valence-electron chi connectivity index (χ1n) is 10.3. The minimum atomic E-state index is -0.103. The van der Waals surface area contributed by atoms with Crippen molar-refractivity contribution in [3.63, 3.8) is 0 Å². The van der Waals surface area contributed by atoms with Crippen molar-refractivity contribution >= 4 is 33.2 Å². The number of fused-ring (bicyclic) bond motifs is 4. The zero-order valence-corrected chi connectivity index (χ0v) is 17.0. The summed E-state index contributed by atoms with van der Waals surface area (Å²) in [4.78, 5) is 35.0. The highest BCUT2D eigenvalue weighted by Gasteiger charge is 2.40. The van der Waals surface area contributed by atoms with Crippen LogP contribution >= 0.6 is 11.3 Å². The number of nitrogens with zero attached hydrogens (tertiary/aromatic N) is 3. The molecule has 0 radical (unpaired) electrons. The minimum absolute atomic E-state index is 0.103. The van der Waals surface area contributed by atoms with Gasteiger partial charge >= 0.3 is 0 Å². The van der Waals surface area contributed by atoms with Crippen molar-refractivity contribution in [2.75, 3.05) is 26.2 Å². The Morgan fingerprint density at radius 2 is 1.89 bits per heavy atom. The van der Waals surface area contributed by atoms with Crippen LogP contribution in [-0.2, 0) is 0 Å². The van der Waals surface area contributed by atoms with E-state index >= 15 is 0 Å². The Labute approximate surface area is 168 Å². The van der Waals surface area contributed by atoms with Crippen LogP contribution < -0.4 is 5.32 Å². The standard InChI is InChI=1S/C21H26N4O2S/c1-13-19(14-4-8-24(13)9-5-14)23-20(26)16-11-17-15(12-22-16)10-18(28-17)21(27)25-6-2-3-7-25/h10-14,19H,2-9H2,1H3,(H,23,26). The van der Waals surface area contributed by atoms with Gasteiger partial charge < -0.3 is 10.2 Å². The summed E-state index contributed by atoms with van der Waals surface area (Å²) in [6.45, 7) is 6.19. The van der Waals surface area contributed by atoms with Gasteiger partial charge in [-0.05, 0) is 63.7 Å². The van der Waals surface area contributed by atoms with E-state index < -0.39 is 0 Å². The van der Waals surface area contributed by atoms with Gasteiger partial charge in [0.05, 0.1) is 4.88 Å². The average molecular weight is 399 g/mol. The Morgan fingerprint density at radius 3 is 2.61 bits per heavy atom. The van der Waals surface area contributed by atoms with E-state index in [9.17, 15) is 9.59 Å². The highest BCUT2D eigenvalue weighted by atomic mass is 32.1. The molecule has 4 saturated heterocycles. The smallest absolute Gasteiger partial charge is 0.270 e. The van der Waals surface area contributed by atoms with Crippen LogP contribution in [0.1, 0.15) is 52.8 Å². The number of thiophene rings is 1. The van der Waals surface area contributed by atoms with Crippen molar-refractivity contribution in [2.24, 2.45) is 5.92 Å². The Morgan fingerprint density at radius 1 is 1.14 bits per heavy atom. The molecule has 0 aliphatic carbocycles. The molecule has 6 heterocycles. The minimum Gasteiger partial charge on any atom is -0.346 e. The van der Waals surface area contributed by atoms with Crippen LogP contribution in [0.3, 0.4) is 0 Å². The number of piperidine rings is 3. The Balaban J connectivity index is 1.34. The molecule has 2 atom stereocenters. The van der Waals surface area contributed by atoms with Gasteiger partial charge in [0.25, 0.3) is 11.8 Å². The summed E-state index contributed by atoms with van der Waals surface area (Å²) in [7, 11) is 0. The van der Waals surface area contributed by atoms with E-state index in [4.69, 9.17) is 0 Å². The van der Waals surface area contributed by atoms with Gasteiger partial charge in [-0.3, -0.25) is 19.5 Å². The lowest BCUT2D eigenvalue weighted by molar-refractivity contribution is 0.0216. The van der Waals surface area contributed by atoms with Gasteiger partial charge in [-0.2, -0.15) is 0 Å². The van der Waals surface area contributed by atoms with E-state index in [1.807, 2.05) is 17.0 Å². The molecule has 4 aliphatic heterocycles. The molecule has 1 N–H and O–H groups in total. The molecule has 2 aromatic heterocycles. The van der Waals surface area contributed by atoms with Crippen molar-refractivity contribution in [1.29, 1.82) is 0 Å². The molecule has 6 rings (SSSR count). The van der Waals surface area contributed by atoms with Gasteiger partial charge in [0.2, 0.25) is 0 Å². The van der Waals surface area contributed by atoms with Crippen molar-refractivity contribution in [3.8, 4) is 0 Å². The number of amides is 2. The molecule has 6 nitrogen and oxygen atoms in total. The molecule has 0 spiro atoms. The van der Waals surface area contributed by atoms with Crippen molar-refractivity contribution < 1.29 is 9.59 Å². The number of carbonyl (C=O) groups excluding carboxylic acids is 2. The lowest BCUT2D eigenvalue weighted by Crippen LogP contribution is -2.62. The summed E-state index contributed by atoms with van der Waals surface area (Å²) in [5, 5.41) is 4.17. The third-order valence-electron chi connectivity index (χ3n) is 6.71. The number of hydrogen-bond acceptors (Lipinski definition) is 5. The van der Waals surface area contributed by atoms with Crippen molar-refractivity contribution in [2.45, 2.75) is 44.7 Å². The molecule has 148 valence electrons. The summed E-state index contributed by atoms with van der Waals surface area (Å²) in [6, 6.07) is 4.32. The third-order valence-corrected chi connectivity index (χ3v) is 7.80. The number of pyridine rings is 1. The summed E-state index contributed by atoms with van der Waals surface area (Å²) in [5.74, 6) is 0.568. The first kappa shape index (κ1) is 18.1. The Hall–Kier alpha value is -1.99. The Kier molecular flexibility index (Phi) is 4.59. The first-order chi connectivity index (χ1) is 13.6. The fraction of sp³-hybridized carbons (Fsp3) is 0.571. The molecule has 4 fully saturated rings. The van der Waals surface area contributed by atoms with Crippen LogP contribution in [0.4, 0.5) is 0 Å². The Bertz CT molecular complexity index is 910. The molecular weight excluding hydrogens is 372 g/mol. The molecular formula is C21H26N4O2S. The van der Waals surface area contributed by atoms with E-state index in [-0.39, 0.29) is 17.9 Å². The van der Waals surface area contributed by atoms with E-state index in [1.165, 1.54) is 11.3 Å². The van der Waals surface area contributed by atoms with E-state index in [0.29, 0.717) is 17.7 Å². The van der Waals surface area contributed by atoms with Gasteiger partial charge in [-0.1, -0.05) is 0 Å². The van der Waals surface area contributed by atoms with Crippen LogP contribution in [0, 0.1) is 5.92 Å². The molecule has 0 aromatic carbocycles. The molecule has 4 aliphatic rings. The highest BCUT2D eigenvalue weighted by Crippen LogP contribution is 2.32. The molecule has 2 unspecified atom stereocenters. The molecule has 2 bridgehead atoms. The lowest BCUT2D eigenvalue weighted by atomic mass is 9.79. The highest BCUT2D eigenvalue weighted by molar-refractivity contribution is 7.20. The lowest BCUT2D eigenvalue weighted by Gasteiger charge is -2.49. The van der Waals surface area contributed by atoms with Crippen LogP contribution in [0.2, 0.25) is 0 Å². The topological polar surface area (TPSA) is 65.5 Å². The molecule has 2 amide bonds.